The van der Waals surface area contributed by atoms with Crippen molar-refractivity contribution < 1.29 is 4.84 Å². The molecule has 80 valence electrons. The molecule has 0 saturated heterocycles. The molecule has 0 fully saturated rings. The van der Waals surface area contributed by atoms with Crippen molar-refractivity contribution in [1.29, 1.82) is 0 Å². The topological polar surface area (TPSA) is 33.6 Å². The molecule has 0 aliphatic carbocycles. The lowest BCUT2D eigenvalue weighted by Crippen LogP contribution is -2.36. The van der Waals surface area contributed by atoms with Crippen LogP contribution in [0.1, 0.15) is 41.0 Å². The van der Waals surface area contributed by atoms with E-state index in [1.807, 2.05) is 0 Å². The van der Waals surface area contributed by atoms with Crippen molar-refractivity contribution in [2.24, 2.45) is 15.8 Å². The molecule has 1 heterocycles. The van der Waals surface area contributed by atoms with Crippen LogP contribution in [0.25, 0.3) is 0 Å². The van der Waals surface area contributed by atoms with Crippen molar-refractivity contribution in [3.05, 3.63) is 12.5 Å². The zero-order chi connectivity index (χ0) is 11.0. The minimum absolute atomic E-state index is 0.00229. The summed E-state index contributed by atoms with van der Waals surface area (Å²) < 4.78 is 0. The maximum Gasteiger partial charge on any atom is 0.240 e. The molecule has 0 saturated carbocycles. The molecule has 3 heteroatoms. The number of rotatable bonds is 2. The summed E-state index contributed by atoms with van der Waals surface area (Å²) in [6.45, 7) is 14.6. The molecule has 1 rings (SSSR count). The van der Waals surface area contributed by atoms with Gasteiger partial charge in [0.25, 0.3) is 0 Å². The Balaban J connectivity index is 2.75. The first-order chi connectivity index (χ1) is 6.21. The summed E-state index contributed by atoms with van der Waals surface area (Å²) in [7, 11) is 0. The Morgan fingerprint density at radius 2 is 1.86 bits per heavy atom. The molecular weight excluding hydrogens is 176 g/mol. The average molecular weight is 196 g/mol. The van der Waals surface area contributed by atoms with Crippen LogP contribution in [0.2, 0.25) is 0 Å². The number of nitrogens with one attached hydrogen (secondary N) is 1. The third-order valence-corrected chi connectivity index (χ3v) is 2.12. The van der Waals surface area contributed by atoms with Crippen LogP contribution in [0.15, 0.2) is 17.5 Å². The Morgan fingerprint density at radius 1 is 1.29 bits per heavy atom. The highest BCUT2D eigenvalue weighted by atomic mass is 16.7. The van der Waals surface area contributed by atoms with E-state index < -0.39 is 0 Å². The van der Waals surface area contributed by atoms with E-state index >= 15 is 0 Å². The van der Waals surface area contributed by atoms with E-state index in [0.29, 0.717) is 5.88 Å². The summed E-state index contributed by atoms with van der Waals surface area (Å²) in [5.41, 5.74) is 3.09. The maximum absolute atomic E-state index is 5.02. The van der Waals surface area contributed by atoms with Crippen molar-refractivity contribution in [2.75, 3.05) is 0 Å². The third kappa shape index (κ3) is 2.76. The zero-order valence-corrected chi connectivity index (χ0v) is 9.77. The summed E-state index contributed by atoms with van der Waals surface area (Å²) in [6.07, 6.45) is 1.04. The van der Waals surface area contributed by atoms with Gasteiger partial charge in [0.1, 0.15) is 5.84 Å². The fraction of sp³-hybridized carbons (Fsp3) is 0.727. The van der Waals surface area contributed by atoms with Crippen molar-refractivity contribution in [3.63, 3.8) is 0 Å². The minimum atomic E-state index is -0.00229. The van der Waals surface area contributed by atoms with Crippen LogP contribution in [-0.4, -0.2) is 5.84 Å². The molecule has 1 aliphatic heterocycles. The Hall–Kier alpha value is -0.990. The van der Waals surface area contributed by atoms with Crippen LogP contribution in [0.4, 0.5) is 0 Å². The number of hydrogen-bond acceptors (Lipinski definition) is 3. The second-order valence-corrected chi connectivity index (χ2v) is 5.68. The molecule has 1 N–H and O–H groups in total. The predicted octanol–water partition coefficient (Wildman–Crippen LogP) is 2.85. The molecule has 0 bridgehead atoms. The van der Waals surface area contributed by atoms with Gasteiger partial charge in [-0.15, -0.1) is 0 Å². The van der Waals surface area contributed by atoms with Crippen molar-refractivity contribution in [3.8, 4) is 0 Å². The van der Waals surface area contributed by atoms with E-state index in [1.54, 1.807) is 0 Å². The van der Waals surface area contributed by atoms with Crippen LogP contribution in [0.5, 0.6) is 0 Å². The highest BCUT2D eigenvalue weighted by Crippen LogP contribution is 2.34. The van der Waals surface area contributed by atoms with Crippen LogP contribution < -0.4 is 5.48 Å². The van der Waals surface area contributed by atoms with Gasteiger partial charge in [-0.3, -0.25) is 0 Å². The van der Waals surface area contributed by atoms with E-state index in [-0.39, 0.29) is 10.8 Å². The van der Waals surface area contributed by atoms with Crippen LogP contribution in [0.3, 0.4) is 0 Å². The minimum Gasteiger partial charge on any atom is -0.361 e. The average Bonchev–Trinajstić information content (AvgIpc) is 2.29. The first kappa shape index (κ1) is 11.1. The fourth-order valence-corrected chi connectivity index (χ4v) is 1.98. The summed E-state index contributed by atoms with van der Waals surface area (Å²) in [5, 5.41) is 0. The fourth-order valence-electron chi connectivity index (χ4n) is 1.98. The molecule has 0 aromatic carbocycles. The smallest absolute Gasteiger partial charge is 0.240 e. The first-order valence-electron chi connectivity index (χ1n) is 4.92. The lowest BCUT2D eigenvalue weighted by atomic mass is 9.75. The Labute approximate surface area is 86.2 Å². The van der Waals surface area contributed by atoms with Gasteiger partial charge in [0.15, 0.2) is 0 Å². The lowest BCUT2D eigenvalue weighted by molar-refractivity contribution is 0.167. The molecule has 0 amide bonds. The van der Waals surface area contributed by atoms with Gasteiger partial charge in [-0.25, -0.2) is 5.48 Å². The molecule has 1 aliphatic rings. The number of hydrogen-bond donors (Lipinski definition) is 1. The predicted molar refractivity (Wildman–Crippen MR) is 58.6 cm³/mol. The highest BCUT2D eigenvalue weighted by molar-refractivity contribution is 5.88. The Kier molecular flexibility index (Phi) is 2.61. The van der Waals surface area contributed by atoms with Crippen molar-refractivity contribution in [2.45, 2.75) is 41.0 Å². The standard InChI is InChI=1S/C11H20N2O/c1-8-12-9(13-14-8)11(5,6)7-10(2,3)4/h1,7H2,2-6H3,(H,12,13). The van der Waals surface area contributed by atoms with E-state index in [1.165, 1.54) is 0 Å². The summed E-state index contributed by atoms with van der Waals surface area (Å²) >= 11 is 0. The number of aliphatic imine (C=N–C) groups is 1. The molecule has 0 aromatic rings. The molecule has 0 aromatic heterocycles. The third-order valence-electron chi connectivity index (χ3n) is 2.12. The van der Waals surface area contributed by atoms with Crippen molar-refractivity contribution >= 4 is 5.84 Å². The van der Waals surface area contributed by atoms with E-state index in [2.05, 4.69) is 51.7 Å². The van der Waals surface area contributed by atoms with Gasteiger partial charge in [0, 0.05) is 5.41 Å². The van der Waals surface area contributed by atoms with Gasteiger partial charge in [-0.2, -0.15) is 4.99 Å². The van der Waals surface area contributed by atoms with E-state index in [0.717, 1.165) is 12.3 Å². The maximum atomic E-state index is 5.02. The zero-order valence-electron chi connectivity index (χ0n) is 9.77. The molecule has 0 spiro atoms. The van der Waals surface area contributed by atoms with Gasteiger partial charge in [0.2, 0.25) is 5.88 Å². The second-order valence-electron chi connectivity index (χ2n) is 5.68. The van der Waals surface area contributed by atoms with Gasteiger partial charge in [-0.05, 0) is 18.4 Å². The summed E-state index contributed by atoms with van der Waals surface area (Å²) in [5.74, 6) is 1.32. The molecule has 3 nitrogen and oxygen atoms in total. The Bertz CT molecular complexity index is 272. The number of nitrogens with zero attached hydrogens (tertiary/aromatic N) is 1. The van der Waals surface area contributed by atoms with E-state index in [4.69, 9.17) is 4.84 Å². The quantitative estimate of drug-likeness (QED) is 0.736. The first-order valence-corrected chi connectivity index (χ1v) is 4.92. The van der Waals surface area contributed by atoms with Crippen LogP contribution >= 0.6 is 0 Å². The molecular formula is C11H20N2O. The molecule has 0 unspecified atom stereocenters. The molecule has 0 atom stereocenters. The lowest BCUT2D eigenvalue weighted by Gasteiger charge is -2.31. The Morgan fingerprint density at radius 3 is 2.21 bits per heavy atom. The molecule has 0 radical (unpaired) electrons. The van der Waals surface area contributed by atoms with Gasteiger partial charge >= 0.3 is 0 Å². The van der Waals surface area contributed by atoms with Gasteiger partial charge < -0.3 is 4.84 Å². The largest absolute Gasteiger partial charge is 0.361 e. The second kappa shape index (κ2) is 3.30. The SMILES string of the molecule is C=C1N=C(C(C)(C)CC(C)(C)C)NO1. The highest BCUT2D eigenvalue weighted by Gasteiger charge is 2.33. The monoisotopic (exact) mass is 196 g/mol. The number of amidine groups is 1. The van der Waals surface area contributed by atoms with Gasteiger partial charge in [-0.1, -0.05) is 34.6 Å². The summed E-state index contributed by atoms with van der Waals surface area (Å²) in [4.78, 5) is 9.25. The van der Waals surface area contributed by atoms with Crippen LogP contribution in [-0.2, 0) is 4.84 Å². The van der Waals surface area contributed by atoms with Gasteiger partial charge in [0.05, 0.1) is 0 Å². The molecule has 14 heavy (non-hydrogen) atoms. The van der Waals surface area contributed by atoms with Crippen molar-refractivity contribution in [1.82, 2.24) is 5.48 Å². The van der Waals surface area contributed by atoms with E-state index in [9.17, 15) is 0 Å². The number of hydroxylamine groups is 1. The van der Waals surface area contributed by atoms with Crippen LogP contribution in [0, 0.1) is 10.8 Å². The summed E-state index contributed by atoms with van der Waals surface area (Å²) in [6, 6.07) is 0. The normalized spacial score (nSPS) is 17.5.